The van der Waals surface area contributed by atoms with E-state index in [0.717, 1.165) is 12.3 Å². The molecule has 0 aliphatic carbocycles. The summed E-state index contributed by atoms with van der Waals surface area (Å²) in [5.74, 6) is 0.816. The molecule has 3 rings (SSSR count). The molecule has 108 valence electrons. The third kappa shape index (κ3) is 2.70. The first-order valence-electron chi connectivity index (χ1n) is 7.19. The van der Waals surface area contributed by atoms with Crippen LogP contribution in [0.1, 0.15) is 18.1 Å². The van der Waals surface area contributed by atoms with E-state index in [1.807, 2.05) is 0 Å². The summed E-state index contributed by atoms with van der Waals surface area (Å²) in [4.78, 5) is 11.2. The zero-order chi connectivity index (χ0) is 15.0. The minimum atomic E-state index is 0.183. The first-order valence-corrected chi connectivity index (χ1v) is 8.17. The van der Waals surface area contributed by atoms with Crippen LogP contribution < -0.4 is 0 Å². The second-order valence-corrected chi connectivity index (χ2v) is 6.80. The Morgan fingerprint density at radius 3 is 2.00 bits per heavy atom. The maximum absolute atomic E-state index is 11.2. The predicted octanol–water partition coefficient (Wildman–Crippen LogP) is 4.69. The van der Waals surface area contributed by atoms with Crippen LogP contribution in [0.4, 0.5) is 0 Å². The molecule has 0 saturated carbocycles. The molecular formula is C18H19NOS. The van der Waals surface area contributed by atoms with E-state index in [2.05, 4.69) is 54.8 Å². The number of aromatic nitrogens is 1. The van der Waals surface area contributed by atoms with Crippen LogP contribution in [0.15, 0.2) is 36.4 Å². The summed E-state index contributed by atoms with van der Waals surface area (Å²) < 4.78 is 2.35. The van der Waals surface area contributed by atoms with Gasteiger partial charge >= 0.3 is 0 Å². The molecule has 0 unspecified atom stereocenters. The summed E-state index contributed by atoms with van der Waals surface area (Å²) in [6, 6.07) is 13.2. The SMILES string of the molecule is CC(=O)SCCn1c2cc(C)ccc2c2ccc(C)cc21. The Bertz CT molecular complexity index is 773. The van der Waals surface area contributed by atoms with Crippen LogP contribution in [0.3, 0.4) is 0 Å². The van der Waals surface area contributed by atoms with Crippen molar-refractivity contribution in [1.29, 1.82) is 0 Å². The summed E-state index contributed by atoms with van der Waals surface area (Å²) in [5, 5.41) is 2.77. The van der Waals surface area contributed by atoms with Gasteiger partial charge in [0.1, 0.15) is 0 Å². The Hall–Kier alpha value is -1.74. The summed E-state index contributed by atoms with van der Waals surface area (Å²) in [6.45, 7) is 6.73. The number of rotatable bonds is 3. The van der Waals surface area contributed by atoms with Crippen molar-refractivity contribution in [2.24, 2.45) is 0 Å². The number of hydrogen-bond donors (Lipinski definition) is 0. The fourth-order valence-corrected chi connectivity index (χ4v) is 3.40. The van der Waals surface area contributed by atoms with Gasteiger partial charge in [0.2, 0.25) is 0 Å². The van der Waals surface area contributed by atoms with Gasteiger partial charge in [-0.3, -0.25) is 4.79 Å². The normalized spacial score (nSPS) is 11.4. The van der Waals surface area contributed by atoms with E-state index < -0.39 is 0 Å². The van der Waals surface area contributed by atoms with Crippen molar-refractivity contribution >= 4 is 38.7 Å². The Morgan fingerprint density at radius 2 is 1.52 bits per heavy atom. The molecule has 1 heterocycles. The highest BCUT2D eigenvalue weighted by molar-refractivity contribution is 8.13. The van der Waals surface area contributed by atoms with Gasteiger partial charge < -0.3 is 4.57 Å². The molecule has 0 saturated heterocycles. The van der Waals surface area contributed by atoms with Gasteiger partial charge in [-0.1, -0.05) is 36.0 Å². The smallest absolute Gasteiger partial charge is 0.185 e. The van der Waals surface area contributed by atoms with Gasteiger partial charge in [-0.15, -0.1) is 0 Å². The van der Waals surface area contributed by atoms with E-state index in [-0.39, 0.29) is 5.12 Å². The van der Waals surface area contributed by atoms with Crippen molar-refractivity contribution < 1.29 is 4.79 Å². The first kappa shape index (κ1) is 14.2. The van der Waals surface area contributed by atoms with Gasteiger partial charge in [-0.2, -0.15) is 0 Å². The van der Waals surface area contributed by atoms with Gasteiger partial charge in [0, 0.05) is 41.0 Å². The van der Waals surface area contributed by atoms with E-state index in [0.29, 0.717) is 0 Å². The number of carbonyl (C=O) groups is 1. The quantitative estimate of drug-likeness (QED) is 0.699. The number of hydrogen-bond acceptors (Lipinski definition) is 2. The molecule has 1 aromatic heterocycles. The van der Waals surface area contributed by atoms with Crippen molar-refractivity contribution in [2.45, 2.75) is 27.3 Å². The molecule has 0 fully saturated rings. The van der Waals surface area contributed by atoms with Crippen LogP contribution in [0.5, 0.6) is 0 Å². The van der Waals surface area contributed by atoms with Gasteiger partial charge in [-0.25, -0.2) is 0 Å². The molecule has 21 heavy (non-hydrogen) atoms. The number of nitrogens with zero attached hydrogens (tertiary/aromatic N) is 1. The van der Waals surface area contributed by atoms with Gasteiger partial charge in [-0.05, 0) is 37.1 Å². The Kier molecular flexibility index (Phi) is 3.77. The third-order valence-electron chi connectivity index (χ3n) is 3.80. The molecule has 3 aromatic rings. The van der Waals surface area contributed by atoms with E-state index in [9.17, 15) is 4.79 Å². The lowest BCUT2D eigenvalue weighted by molar-refractivity contribution is -0.109. The molecule has 0 aliphatic rings. The van der Waals surface area contributed by atoms with Crippen LogP contribution in [0.2, 0.25) is 0 Å². The summed E-state index contributed by atoms with van der Waals surface area (Å²) in [7, 11) is 0. The second kappa shape index (κ2) is 5.57. The highest BCUT2D eigenvalue weighted by Crippen LogP contribution is 2.30. The van der Waals surface area contributed by atoms with E-state index >= 15 is 0 Å². The maximum atomic E-state index is 11.2. The van der Waals surface area contributed by atoms with E-state index in [1.54, 1.807) is 6.92 Å². The fraction of sp³-hybridized carbons (Fsp3) is 0.278. The molecule has 0 atom stereocenters. The highest BCUT2D eigenvalue weighted by Gasteiger charge is 2.11. The van der Waals surface area contributed by atoms with Crippen molar-refractivity contribution in [1.82, 2.24) is 4.57 Å². The van der Waals surface area contributed by atoms with Crippen molar-refractivity contribution in [3.8, 4) is 0 Å². The topological polar surface area (TPSA) is 22.0 Å². The molecule has 0 aliphatic heterocycles. The van der Waals surface area contributed by atoms with Crippen LogP contribution in [0, 0.1) is 13.8 Å². The lowest BCUT2D eigenvalue weighted by atomic mass is 10.1. The molecule has 2 aromatic carbocycles. The monoisotopic (exact) mass is 297 g/mol. The zero-order valence-corrected chi connectivity index (χ0v) is 13.5. The zero-order valence-electron chi connectivity index (χ0n) is 12.6. The number of aryl methyl sites for hydroxylation is 3. The Balaban J connectivity index is 2.18. The molecule has 0 amide bonds. The minimum Gasteiger partial charge on any atom is -0.340 e. The second-order valence-electron chi connectivity index (χ2n) is 5.53. The summed E-state index contributed by atoms with van der Waals surface area (Å²) in [5.41, 5.74) is 5.06. The lowest BCUT2D eigenvalue weighted by Crippen LogP contribution is -2.01. The molecule has 0 radical (unpaired) electrons. The highest BCUT2D eigenvalue weighted by atomic mass is 32.2. The molecule has 0 N–H and O–H groups in total. The molecule has 3 heteroatoms. The fourth-order valence-electron chi connectivity index (χ4n) is 2.84. The molecular weight excluding hydrogens is 278 g/mol. The summed E-state index contributed by atoms with van der Waals surface area (Å²) in [6.07, 6.45) is 0. The molecule has 0 spiro atoms. The van der Waals surface area contributed by atoms with Gasteiger partial charge in [0.25, 0.3) is 0 Å². The number of fused-ring (bicyclic) bond motifs is 3. The van der Waals surface area contributed by atoms with Crippen LogP contribution in [-0.4, -0.2) is 15.4 Å². The van der Waals surface area contributed by atoms with Crippen LogP contribution in [-0.2, 0) is 11.3 Å². The number of carbonyl (C=O) groups excluding carboxylic acids is 1. The van der Waals surface area contributed by atoms with Gasteiger partial charge in [0.05, 0.1) is 0 Å². The van der Waals surface area contributed by atoms with Crippen molar-refractivity contribution in [3.05, 3.63) is 47.5 Å². The van der Waals surface area contributed by atoms with Crippen molar-refractivity contribution in [3.63, 3.8) is 0 Å². The molecule has 2 nitrogen and oxygen atoms in total. The maximum Gasteiger partial charge on any atom is 0.185 e. The van der Waals surface area contributed by atoms with E-state index in [4.69, 9.17) is 0 Å². The van der Waals surface area contributed by atoms with Crippen LogP contribution >= 0.6 is 11.8 Å². The summed E-state index contributed by atoms with van der Waals surface area (Å²) >= 11 is 1.40. The molecule has 0 bridgehead atoms. The Labute approximate surface area is 129 Å². The predicted molar refractivity (Wildman–Crippen MR) is 92.1 cm³/mol. The largest absolute Gasteiger partial charge is 0.340 e. The minimum absolute atomic E-state index is 0.183. The van der Waals surface area contributed by atoms with Gasteiger partial charge in [0.15, 0.2) is 5.12 Å². The average molecular weight is 297 g/mol. The number of thioether (sulfide) groups is 1. The Morgan fingerprint density at radius 1 is 1.00 bits per heavy atom. The lowest BCUT2D eigenvalue weighted by Gasteiger charge is -2.07. The number of benzene rings is 2. The van der Waals surface area contributed by atoms with Crippen molar-refractivity contribution in [2.75, 3.05) is 5.75 Å². The first-order chi connectivity index (χ1) is 10.1. The third-order valence-corrected chi connectivity index (χ3v) is 4.59. The van der Waals surface area contributed by atoms with Crippen LogP contribution in [0.25, 0.3) is 21.8 Å². The average Bonchev–Trinajstić information content (AvgIpc) is 2.71. The van der Waals surface area contributed by atoms with E-state index in [1.165, 1.54) is 44.7 Å². The standard InChI is InChI=1S/C18H19NOS/c1-12-4-6-15-16-7-5-13(2)11-18(16)19(17(15)10-12)8-9-21-14(3)20/h4-7,10-11H,8-9H2,1-3H3.